The molecule has 4 aromatic rings. The minimum absolute atomic E-state index is 0.147. The smallest absolute Gasteiger partial charge is 0.256 e. The minimum atomic E-state index is -0.241. The second-order valence-electron chi connectivity index (χ2n) is 7.04. The van der Waals surface area contributed by atoms with E-state index in [9.17, 15) is 9.90 Å². The van der Waals surface area contributed by atoms with E-state index in [2.05, 4.69) is 5.32 Å². The summed E-state index contributed by atoms with van der Waals surface area (Å²) < 4.78 is 0. The maximum Gasteiger partial charge on any atom is 0.256 e. The number of amides is 1. The van der Waals surface area contributed by atoms with E-state index in [0.717, 1.165) is 22.1 Å². The molecule has 0 atom stereocenters. The van der Waals surface area contributed by atoms with Crippen molar-refractivity contribution in [2.75, 3.05) is 5.32 Å². The van der Waals surface area contributed by atoms with Crippen LogP contribution in [0, 0.1) is 13.8 Å². The van der Waals surface area contributed by atoms with E-state index < -0.39 is 0 Å². The standard InChI is InChI=1S/C24H19ClN2O2/c1-14-6-9-21-19(10-14)20(13-23(26-21)16-4-3-5-18(28)11-16)24(29)27-22-12-17(25)8-7-15(22)2/h3-13,28H,1-2H3,(H,27,29). The molecular weight excluding hydrogens is 384 g/mol. The molecule has 3 aromatic carbocycles. The number of fused-ring (bicyclic) bond motifs is 1. The molecule has 0 fully saturated rings. The number of pyridine rings is 1. The topological polar surface area (TPSA) is 62.2 Å². The predicted octanol–water partition coefficient (Wildman–Crippen LogP) is 6.13. The molecule has 0 radical (unpaired) electrons. The quantitative estimate of drug-likeness (QED) is 0.433. The average molecular weight is 403 g/mol. The molecule has 1 amide bonds. The Bertz CT molecular complexity index is 1250. The molecule has 4 rings (SSSR count). The van der Waals surface area contributed by atoms with Crippen molar-refractivity contribution in [3.63, 3.8) is 0 Å². The highest BCUT2D eigenvalue weighted by atomic mass is 35.5. The van der Waals surface area contributed by atoms with Gasteiger partial charge in [-0.1, -0.05) is 41.4 Å². The van der Waals surface area contributed by atoms with Crippen LogP contribution in [0.15, 0.2) is 66.7 Å². The first kappa shape index (κ1) is 19.0. The van der Waals surface area contributed by atoms with Crippen molar-refractivity contribution in [3.05, 3.63) is 88.4 Å². The molecule has 1 heterocycles. The number of phenols is 1. The lowest BCUT2D eigenvalue weighted by Gasteiger charge is -2.13. The van der Waals surface area contributed by atoms with Crippen LogP contribution in [-0.2, 0) is 0 Å². The second-order valence-corrected chi connectivity index (χ2v) is 7.48. The van der Waals surface area contributed by atoms with Gasteiger partial charge in [0.25, 0.3) is 5.91 Å². The molecule has 4 nitrogen and oxygen atoms in total. The number of halogens is 1. The Morgan fingerprint density at radius 2 is 1.83 bits per heavy atom. The van der Waals surface area contributed by atoms with E-state index in [0.29, 0.717) is 27.5 Å². The highest BCUT2D eigenvalue weighted by Gasteiger charge is 2.16. The van der Waals surface area contributed by atoms with E-state index in [1.54, 1.807) is 36.4 Å². The number of carbonyl (C=O) groups excluding carboxylic acids is 1. The maximum atomic E-state index is 13.2. The van der Waals surface area contributed by atoms with Crippen molar-refractivity contribution >= 4 is 34.1 Å². The summed E-state index contributed by atoms with van der Waals surface area (Å²) in [5.74, 6) is -0.0939. The molecule has 0 saturated carbocycles. The first-order chi connectivity index (χ1) is 13.9. The predicted molar refractivity (Wildman–Crippen MR) is 118 cm³/mol. The number of nitrogens with zero attached hydrogens (tertiary/aromatic N) is 1. The van der Waals surface area contributed by atoms with E-state index in [1.165, 1.54) is 0 Å². The zero-order valence-electron chi connectivity index (χ0n) is 16.0. The van der Waals surface area contributed by atoms with Crippen LogP contribution in [0.4, 0.5) is 5.69 Å². The number of anilines is 1. The Morgan fingerprint density at radius 3 is 2.62 bits per heavy atom. The van der Waals surface area contributed by atoms with Gasteiger partial charge in [-0.05, 0) is 61.9 Å². The van der Waals surface area contributed by atoms with Gasteiger partial charge in [-0.3, -0.25) is 4.79 Å². The maximum absolute atomic E-state index is 13.2. The zero-order chi connectivity index (χ0) is 20.5. The number of aromatic nitrogens is 1. The molecule has 2 N–H and O–H groups in total. The number of benzene rings is 3. The van der Waals surface area contributed by atoms with Crippen LogP contribution in [0.5, 0.6) is 5.75 Å². The van der Waals surface area contributed by atoms with Gasteiger partial charge in [0.05, 0.1) is 16.8 Å². The Kier molecular flexibility index (Phi) is 4.95. The van der Waals surface area contributed by atoms with Gasteiger partial charge in [-0.25, -0.2) is 4.98 Å². The summed E-state index contributed by atoms with van der Waals surface area (Å²) in [6.45, 7) is 3.89. The number of aryl methyl sites for hydroxylation is 2. The van der Waals surface area contributed by atoms with E-state index in [4.69, 9.17) is 16.6 Å². The summed E-state index contributed by atoms with van der Waals surface area (Å²) in [4.78, 5) is 17.9. The largest absolute Gasteiger partial charge is 0.508 e. The molecule has 0 saturated heterocycles. The number of aromatic hydroxyl groups is 1. The number of rotatable bonds is 3. The first-order valence-electron chi connectivity index (χ1n) is 9.19. The second kappa shape index (κ2) is 7.57. The van der Waals surface area contributed by atoms with Crippen LogP contribution in [0.25, 0.3) is 22.2 Å². The third-order valence-corrected chi connectivity index (χ3v) is 5.03. The Morgan fingerprint density at radius 1 is 1.00 bits per heavy atom. The molecule has 0 unspecified atom stereocenters. The molecule has 144 valence electrons. The van der Waals surface area contributed by atoms with Gasteiger partial charge in [-0.15, -0.1) is 0 Å². The van der Waals surface area contributed by atoms with Gasteiger partial charge in [0, 0.05) is 21.7 Å². The molecule has 0 aliphatic rings. The van der Waals surface area contributed by atoms with Crippen molar-refractivity contribution in [3.8, 4) is 17.0 Å². The van der Waals surface area contributed by atoms with Gasteiger partial charge >= 0.3 is 0 Å². The lowest BCUT2D eigenvalue weighted by molar-refractivity contribution is 0.102. The van der Waals surface area contributed by atoms with Gasteiger partial charge in [0.1, 0.15) is 5.75 Å². The van der Waals surface area contributed by atoms with Crippen LogP contribution in [0.1, 0.15) is 21.5 Å². The van der Waals surface area contributed by atoms with E-state index >= 15 is 0 Å². The lowest BCUT2D eigenvalue weighted by atomic mass is 10.0. The van der Waals surface area contributed by atoms with Crippen LogP contribution in [0.3, 0.4) is 0 Å². The summed E-state index contributed by atoms with van der Waals surface area (Å²) in [5, 5.41) is 14.1. The molecule has 29 heavy (non-hydrogen) atoms. The normalized spacial score (nSPS) is 10.9. The highest BCUT2D eigenvalue weighted by molar-refractivity contribution is 6.31. The molecule has 0 aliphatic heterocycles. The number of carbonyl (C=O) groups is 1. The Hall–Kier alpha value is -3.37. The summed E-state index contributed by atoms with van der Waals surface area (Å²) in [5.41, 5.74) is 5.20. The summed E-state index contributed by atoms with van der Waals surface area (Å²) >= 11 is 6.10. The minimum Gasteiger partial charge on any atom is -0.508 e. The zero-order valence-corrected chi connectivity index (χ0v) is 16.8. The number of hydrogen-bond donors (Lipinski definition) is 2. The monoisotopic (exact) mass is 402 g/mol. The van der Waals surface area contributed by atoms with Crippen molar-refractivity contribution in [2.45, 2.75) is 13.8 Å². The Labute approximate surface area is 173 Å². The molecule has 0 spiro atoms. The van der Waals surface area contributed by atoms with Crippen molar-refractivity contribution in [1.82, 2.24) is 4.98 Å². The first-order valence-corrected chi connectivity index (χ1v) is 9.57. The molecule has 5 heteroatoms. The summed E-state index contributed by atoms with van der Waals surface area (Å²) in [6, 6.07) is 19.8. The third-order valence-electron chi connectivity index (χ3n) is 4.80. The van der Waals surface area contributed by atoms with Crippen LogP contribution in [-0.4, -0.2) is 16.0 Å². The van der Waals surface area contributed by atoms with E-state index in [-0.39, 0.29) is 11.7 Å². The summed E-state index contributed by atoms with van der Waals surface area (Å²) in [7, 11) is 0. The fourth-order valence-corrected chi connectivity index (χ4v) is 3.43. The van der Waals surface area contributed by atoms with E-state index in [1.807, 2.05) is 44.2 Å². The van der Waals surface area contributed by atoms with Gasteiger partial charge in [-0.2, -0.15) is 0 Å². The molecule has 1 aromatic heterocycles. The van der Waals surface area contributed by atoms with Crippen molar-refractivity contribution in [2.24, 2.45) is 0 Å². The van der Waals surface area contributed by atoms with Gasteiger partial charge in [0.2, 0.25) is 0 Å². The van der Waals surface area contributed by atoms with Gasteiger partial charge < -0.3 is 10.4 Å². The number of hydrogen-bond acceptors (Lipinski definition) is 3. The van der Waals surface area contributed by atoms with Gasteiger partial charge in [0.15, 0.2) is 0 Å². The summed E-state index contributed by atoms with van der Waals surface area (Å²) in [6.07, 6.45) is 0. The number of phenolic OH excluding ortho intramolecular Hbond substituents is 1. The van der Waals surface area contributed by atoms with Crippen LogP contribution >= 0.6 is 11.6 Å². The average Bonchev–Trinajstić information content (AvgIpc) is 2.70. The van der Waals surface area contributed by atoms with Crippen LogP contribution < -0.4 is 5.32 Å². The van der Waals surface area contributed by atoms with Crippen LogP contribution in [0.2, 0.25) is 5.02 Å². The fourth-order valence-electron chi connectivity index (χ4n) is 3.26. The molecule has 0 bridgehead atoms. The lowest BCUT2D eigenvalue weighted by Crippen LogP contribution is -2.14. The van der Waals surface area contributed by atoms with Crippen molar-refractivity contribution < 1.29 is 9.90 Å². The van der Waals surface area contributed by atoms with Crippen molar-refractivity contribution in [1.29, 1.82) is 0 Å². The molecular formula is C24H19ClN2O2. The highest BCUT2D eigenvalue weighted by Crippen LogP contribution is 2.29. The Balaban J connectivity index is 1.86. The third kappa shape index (κ3) is 3.93. The number of nitrogens with one attached hydrogen (secondary N) is 1. The molecule has 0 aliphatic carbocycles. The fraction of sp³-hybridized carbons (Fsp3) is 0.0833. The SMILES string of the molecule is Cc1ccc2nc(-c3cccc(O)c3)cc(C(=O)Nc3cc(Cl)ccc3C)c2c1.